The van der Waals surface area contributed by atoms with Gasteiger partial charge >= 0.3 is 0 Å². The number of benzene rings is 1. The summed E-state index contributed by atoms with van der Waals surface area (Å²) in [6.45, 7) is 2.53. The number of nitrogens with one attached hydrogen (secondary N) is 1. The number of allylic oxidation sites excluding steroid dienone is 2. The molecule has 1 rings (SSSR count). The van der Waals surface area contributed by atoms with Crippen molar-refractivity contribution < 1.29 is 13.3 Å². The Morgan fingerprint density at radius 3 is 2.03 bits per heavy atom. The summed E-state index contributed by atoms with van der Waals surface area (Å²) in [7, 11) is -3.87. The molecule has 0 saturated heterocycles. The highest BCUT2D eigenvalue weighted by atomic mass is 32.2. The smallest absolute Gasteiger partial charge is 0.258 e. The number of hydrogen-bond donors (Lipinski definition) is 1. The molecule has 1 N–H and O–H groups in total. The quantitative estimate of drug-likeness (QED) is 0.0746. The van der Waals surface area contributed by atoms with Crippen LogP contribution in [0.2, 0.25) is 0 Å². The first-order valence-corrected chi connectivity index (χ1v) is 15.6. The van der Waals surface area contributed by atoms with Gasteiger partial charge in [0, 0.05) is 18.4 Å². The fourth-order valence-corrected chi connectivity index (χ4v) is 5.90. The van der Waals surface area contributed by atoms with E-state index in [4.69, 9.17) is 0 Å². The SMILES string of the molecule is CCCCCCCC/C=C\CCCCCCCCSCCNS(=O)(=O)c1ccccc1[N+](=O)[O-]. The van der Waals surface area contributed by atoms with Crippen LogP contribution in [0, 0.1) is 10.1 Å². The van der Waals surface area contributed by atoms with Gasteiger partial charge in [0.05, 0.1) is 4.92 Å². The summed E-state index contributed by atoms with van der Waals surface area (Å²) in [5.74, 6) is 1.67. The fourth-order valence-electron chi connectivity index (χ4n) is 3.71. The van der Waals surface area contributed by atoms with Gasteiger partial charge in [-0.3, -0.25) is 10.1 Å². The highest BCUT2D eigenvalue weighted by Crippen LogP contribution is 2.22. The first-order valence-electron chi connectivity index (χ1n) is 12.9. The Morgan fingerprint density at radius 2 is 1.41 bits per heavy atom. The Balaban J connectivity index is 1.94. The third kappa shape index (κ3) is 14.8. The Kier molecular flexibility index (Phi) is 17.9. The van der Waals surface area contributed by atoms with E-state index in [1.807, 2.05) is 0 Å². The molecule has 0 spiro atoms. The standard InChI is InChI=1S/C26H44N2O4S2/c1-2-3-4-5-6-7-8-9-10-11-12-13-14-15-16-19-23-33-24-22-27-34(31,32)26-21-18-17-20-25(26)28(29)30/h9-10,17-18,20-21,27H,2-8,11-16,19,22-24H2,1H3/b10-9-. The minimum absolute atomic E-state index is 0.269. The van der Waals surface area contributed by atoms with Crippen LogP contribution in [-0.2, 0) is 10.0 Å². The first-order chi connectivity index (χ1) is 16.5. The van der Waals surface area contributed by atoms with Gasteiger partial charge in [-0.15, -0.1) is 0 Å². The summed E-state index contributed by atoms with van der Waals surface area (Å²) in [6.07, 6.45) is 22.8. The van der Waals surface area contributed by atoms with Gasteiger partial charge in [0.1, 0.15) is 0 Å². The summed E-state index contributed by atoms with van der Waals surface area (Å²) >= 11 is 1.72. The zero-order valence-corrected chi connectivity index (χ0v) is 22.5. The largest absolute Gasteiger partial charge is 0.289 e. The van der Waals surface area contributed by atoms with Crippen LogP contribution in [0.4, 0.5) is 5.69 Å². The molecule has 0 unspecified atom stereocenters. The molecule has 0 radical (unpaired) electrons. The summed E-state index contributed by atoms with van der Waals surface area (Å²) in [4.78, 5) is 10.1. The number of nitro benzene ring substituents is 1. The van der Waals surface area contributed by atoms with Crippen molar-refractivity contribution in [2.24, 2.45) is 0 Å². The first kappa shape index (κ1) is 30.7. The molecule has 0 aliphatic rings. The summed E-state index contributed by atoms with van der Waals surface area (Å²) < 4.78 is 27.1. The maximum atomic E-state index is 12.3. The molecule has 0 amide bonds. The molecule has 34 heavy (non-hydrogen) atoms. The van der Waals surface area contributed by atoms with Gasteiger partial charge in [-0.05, 0) is 43.9 Å². The lowest BCUT2D eigenvalue weighted by atomic mass is 10.1. The second kappa shape index (κ2) is 19.9. The van der Waals surface area contributed by atoms with Crippen LogP contribution in [0.15, 0.2) is 41.3 Å². The van der Waals surface area contributed by atoms with Gasteiger partial charge in [0.15, 0.2) is 4.90 Å². The number of rotatable bonds is 22. The van der Waals surface area contributed by atoms with Gasteiger partial charge in [-0.2, -0.15) is 11.8 Å². The average molecular weight is 513 g/mol. The lowest BCUT2D eigenvalue weighted by Crippen LogP contribution is -2.26. The molecule has 0 aliphatic heterocycles. The van der Waals surface area contributed by atoms with E-state index in [0.29, 0.717) is 5.75 Å². The minimum atomic E-state index is -3.87. The average Bonchev–Trinajstić information content (AvgIpc) is 2.82. The van der Waals surface area contributed by atoms with Crippen molar-refractivity contribution in [2.45, 2.75) is 102 Å². The highest BCUT2D eigenvalue weighted by Gasteiger charge is 2.24. The fraction of sp³-hybridized carbons (Fsp3) is 0.692. The number of nitrogens with zero attached hydrogens (tertiary/aromatic N) is 1. The second-order valence-electron chi connectivity index (χ2n) is 8.67. The zero-order valence-electron chi connectivity index (χ0n) is 20.9. The van der Waals surface area contributed by atoms with E-state index >= 15 is 0 Å². The Morgan fingerprint density at radius 1 is 0.853 bits per heavy atom. The Hall–Kier alpha value is -1.38. The number of thioether (sulfide) groups is 1. The van der Waals surface area contributed by atoms with Crippen molar-refractivity contribution in [1.82, 2.24) is 4.72 Å². The van der Waals surface area contributed by atoms with Gasteiger partial charge in [-0.25, -0.2) is 13.1 Å². The zero-order chi connectivity index (χ0) is 24.9. The molecule has 1 aromatic carbocycles. The van der Waals surface area contributed by atoms with Crippen molar-refractivity contribution >= 4 is 27.5 Å². The second-order valence-corrected chi connectivity index (χ2v) is 11.6. The van der Waals surface area contributed by atoms with Crippen molar-refractivity contribution in [3.05, 3.63) is 46.5 Å². The topological polar surface area (TPSA) is 89.3 Å². The number of sulfonamides is 1. The molecule has 0 saturated carbocycles. The molecule has 0 heterocycles. The van der Waals surface area contributed by atoms with Crippen LogP contribution in [0.5, 0.6) is 0 Å². The molecule has 0 atom stereocenters. The summed E-state index contributed by atoms with van der Waals surface area (Å²) in [6, 6.07) is 5.42. The van der Waals surface area contributed by atoms with E-state index in [0.717, 1.165) is 12.2 Å². The van der Waals surface area contributed by atoms with E-state index in [1.165, 1.54) is 108 Å². The van der Waals surface area contributed by atoms with Crippen molar-refractivity contribution in [2.75, 3.05) is 18.1 Å². The molecule has 0 fully saturated rings. The van der Waals surface area contributed by atoms with Crippen molar-refractivity contribution in [3.63, 3.8) is 0 Å². The van der Waals surface area contributed by atoms with E-state index < -0.39 is 20.6 Å². The normalized spacial score (nSPS) is 11.9. The van der Waals surface area contributed by atoms with Crippen molar-refractivity contribution in [1.29, 1.82) is 0 Å². The lowest BCUT2D eigenvalue weighted by Gasteiger charge is -2.07. The Labute approximate surface area is 211 Å². The lowest BCUT2D eigenvalue weighted by molar-refractivity contribution is -0.387. The van der Waals surface area contributed by atoms with Crippen LogP contribution in [0.1, 0.15) is 96.8 Å². The third-order valence-electron chi connectivity index (χ3n) is 5.69. The van der Waals surface area contributed by atoms with Crippen LogP contribution in [-0.4, -0.2) is 31.4 Å². The van der Waals surface area contributed by atoms with Gasteiger partial charge in [-0.1, -0.05) is 89.0 Å². The summed E-state index contributed by atoms with van der Waals surface area (Å²) in [5, 5.41) is 11.0. The molecule has 6 nitrogen and oxygen atoms in total. The van der Waals surface area contributed by atoms with Crippen LogP contribution < -0.4 is 4.72 Å². The van der Waals surface area contributed by atoms with E-state index in [1.54, 1.807) is 11.8 Å². The maximum Gasteiger partial charge on any atom is 0.289 e. The molecule has 0 aliphatic carbocycles. The van der Waals surface area contributed by atoms with Crippen LogP contribution >= 0.6 is 11.8 Å². The van der Waals surface area contributed by atoms with Crippen LogP contribution in [0.25, 0.3) is 0 Å². The van der Waals surface area contributed by atoms with Gasteiger partial charge in [0.2, 0.25) is 10.0 Å². The molecule has 1 aromatic rings. The minimum Gasteiger partial charge on any atom is -0.258 e. The molecular formula is C26H44N2O4S2. The molecule has 0 aromatic heterocycles. The van der Waals surface area contributed by atoms with Crippen molar-refractivity contribution in [3.8, 4) is 0 Å². The monoisotopic (exact) mass is 512 g/mol. The van der Waals surface area contributed by atoms with E-state index in [2.05, 4.69) is 23.8 Å². The number of unbranched alkanes of at least 4 members (excludes halogenated alkanes) is 12. The summed E-state index contributed by atoms with van der Waals surface area (Å²) in [5.41, 5.74) is -0.396. The molecule has 8 heteroatoms. The predicted octanol–water partition coefficient (Wildman–Crippen LogP) is 7.64. The number of hydrogen-bond acceptors (Lipinski definition) is 5. The van der Waals surface area contributed by atoms with Gasteiger partial charge in [0.25, 0.3) is 5.69 Å². The Bertz CT molecular complexity index is 798. The molecule has 0 bridgehead atoms. The predicted molar refractivity (Wildman–Crippen MR) is 145 cm³/mol. The van der Waals surface area contributed by atoms with E-state index in [9.17, 15) is 18.5 Å². The maximum absolute atomic E-state index is 12.3. The number of nitro groups is 1. The molecule has 194 valence electrons. The highest BCUT2D eigenvalue weighted by molar-refractivity contribution is 7.99. The third-order valence-corrected chi connectivity index (χ3v) is 8.27. The molecular weight excluding hydrogens is 468 g/mol. The number of para-hydroxylation sites is 1. The van der Waals surface area contributed by atoms with Gasteiger partial charge < -0.3 is 0 Å². The van der Waals surface area contributed by atoms with Crippen LogP contribution in [0.3, 0.4) is 0 Å². The van der Waals surface area contributed by atoms with E-state index in [-0.39, 0.29) is 11.4 Å².